The van der Waals surface area contributed by atoms with Crippen LogP contribution in [-0.2, 0) is 19.1 Å². The Hall–Kier alpha value is -3.65. The molecular weight excluding hydrogens is 466 g/mol. The zero-order chi connectivity index (χ0) is 27.5. The number of nitro groups is 1. The van der Waals surface area contributed by atoms with Crippen molar-refractivity contribution in [1.29, 1.82) is 0 Å². The molecular formula is C20H37N7O8. The highest BCUT2D eigenvalue weighted by Crippen LogP contribution is 2.12. The van der Waals surface area contributed by atoms with Gasteiger partial charge in [-0.3, -0.25) is 14.5 Å². The molecule has 3 atom stereocenters. The summed E-state index contributed by atoms with van der Waals surface area (Å²) in [5, 5.41) is 23.8. The number of ether oxygens (including phenoxy) is 1. The summed E-state index contributed by atoms with van der Waals surface area (Å²) in [4.78, 5) is 64.4. The molecule has 0 aliphatic carbocycles. The van der Waals surface area contributed by atoms with Crippen LogP contribution < -0.4 is 21.8 Å². The second-order valence-electron chi connectivity index (χ2n) is 9.18. The fourth-order valence-electron chi connectivity index (χ4n) is 2.62. The number of amides is 3. The Morgan fingerprint density at radius 3 is 2.17 bits per heavy atom. The number of carboxylic acid groups (broad SMARTS) is 1. The van der Waals surface area contributed by atoms with Gasteiger partial charge in [-0.2, -0.15) is 0 Å². The summed E-state index contributed by atoms with van der Waals surface area (Å²) in [6.45, 7) is 9.86. The van der Waals surface area contributed by atoms with Gasteiger partial charge in [-0.15, -0.1) is 0 Å². The molecule has 200 valence electrons. The summed E-state index contributed by atoms with van der Waals surface area (Å²) in [6, 6.07) is -3.33. The summed E-state index contributed by atoms with van der Waals surface area (Å²) in [5.41, 5.74) is 6.19. The third-order valence-corrected chi connectivity index (χ3v) is 4.64. The SMILES string of the molecule is CC(C)[C@H](NC(=O)[C@H](C)N(C)C(=O)OC(C)(C)C)C(=O)N[C@@H](CCCN=C(N)N[N+](=O)[O-])C(=O)O. The third kappa shape index (κ3) is 12.4. The quantitative estimate of drug-likeness (QED) is 0.0778. The van der Waals surface area contributed by atoms with Crippen LogP contribution in [0.25, 0.3) is 0 Å². The van der Waals surface area contributed by atoms with Crippen LogP contribution >= 0.6 is 0 Å². The standard InChI is InChI=1S/C20H37N7O8/c1-11(2)14(24-15(28)12(3)26(7)19(32)35-20(4,5)6)16(29)23-13(17(30)31)9-8-10-22-18(21)25-27(33)34/h11-14H,8-10H2,1-7H3,(H,23,29)(H,24,28)(H,30,31)(H3,21,22,25)/t12-,13-,14-/m0/s1. The molecule has 0 rings (SSSR count). The lowest BCUT2D eigenvalue weighted by atomic mass is 10.0. The van der Waals surface area contributed by atoms with E-state index < -0.39 is 64.5 Å². The van der Waals surface area contributed by atoms with E-state index in [1.54, 1.807) is 40.0 Å². The largest absolute Gasteiger partial charge is 0.480 e. The minimum atomic E-state index is -1.30. The number of rotatable bonds is 12. The molecule has 0 heterocycles. The molecule has 0 unspecified atom stereocenters. The lowest BCUT2D eigenvalue weighted by Gasteiger charge is -2.30. The van der Waals surface area contributed by atoms with Crippen LogP contribution in [0.3, 0.4) is 0 Å². The molecule has 0 saturated carbocycles. The van der Waals surface area contributed by atoms with E-state index in [4.69, 9.17) is 10.5 Å². The van der Waals surface area contributed by atoms with E-state index in [1.807, 2.05) is 0 Å². The van der Waals surface area contributed by atoms with Gasteiger partial charge >= 0.3 is 12.1 Å². The number of hydrazine groups is 1. The van der Waals surface area contributed by atoms with Crippen LogP contribution in [0.1, 0.15) is 54.4 Å². The lowest BCUT2D eigenvalue weighted by Crippen LogP contribution is -2.57. The highest BCUT2D eigenvalue weighted by Gasteiger charge is 2.32. The Morgan fingerprint density at radius 1 is 1.14 bits per heavy atom. The van der Waals surface area contributed by atoms with Crippen molar-refractivity contribution in [3.05, 3.63) is 10.1 Å². The molecule has 6 N–H and O–H groups in total. The summed E-state index contributed by atoms with van der Waals surface area (Å²) in [6.07, 6.45) is -0.589. The average molecular weight is 504 g/mol. The number of nitrogens with one attached hydrogen (secondary N) is 3. The normalized spacial score (nSPS) is 14.3. The van der Waals surface area contributed by atoms with Crippen molar-refractivity contribution in [2.24, 2.45) is 16.6 Å². The summed E-state index contributed by atoms with van der Waals surface area (Å²) < 4.78 is 5.24. The first-order valence-corrected chi connectivity index (χ1v) is 11.0. The van der Waals surface area contributed by atoms with Gasteiger partial charge in [0.1, 0.15) is 23.7 Å². The monoisotopic (exact) mass is 503 g/mol. The van der Waals surface area contributed by atoms with Gasteiger partial charge in [0.05, 0.1) is 0 Å². The first kappa shape index (κ1) is 31.4. The van der Waals surface area contributed by atoms with E-state index in [0.29, 0.717) is 0 Å². The van der Waals surface area contributed by atoms with Crippen molar-refractivity contribution in [3.63, 3.8) is 0 Å². The molecule has 35 heavy (non-hydrogen) atoms. The van der Waals surface area contributed by atoms with Gasteiger partial charge in [0.2, 0.25) is 11.8 Å². The molecule has 15 heteroatoms. The first-order valence-electron chi connectivity index (χ1n) is 11.0. The number of carbonyl (C=O) groups excluding carboxylic acids is 3. The fraction of sp³-hybridized carbons (Fsp3) is 0.750. The van der Waals surface area contributed by atoms with E-state index in [9.17, 15) is 34.4 Å². The third-order valence-electron chi connectivity index (χ3n) is 4.64. The molecule has 0 aromatic rings. The van der Waals surface area contributed by atoms with E-state index in [1.165, 1.54) is 14.0 Å². The zero-order valence-electron chi connectivity index (χ0n) is 21.2. The maximum Gasteiger partial charge on any atom is 0.410 e. The molecule has 0 aliphatic rings. The Kier molecular flexibility index (Phi) is 12.5. The second-order valence-corrected chi connectivity index (χ2v) is 9.18. The first-order chi connectivity index (χ1) is 16.0. The molecule has 0 saturated heterocycles. The van der Waals surface area contributed by atoms with Crippen molar-refractivity contribution in [1.82, 2.24) is 21.0 Å². The van der Waals surface area contributed by atoms with Crippen LogP contribution in [-0.4, -0.2) is 82.2 Å². The average Bonchev–Trinajstić information content (AvgIpc) is 2.70. The van der Waals surface area contributed by atoms with Crippen LogP contribution in [0.4, 0.5) is 4.79 Å². The second kappa shape index (κ2) is 13.9. The maximum absolute atomic E-state index is 12.8. The van der Waals surface area contributed by atoms with Crippen LogP contribution in [0.15, 0.2) is 4.99 Å². The van der Waals surface area contributed by atoms with Gasteiger partial charge in [0.25, 0.3) is 5.96 Å². The van der Waals surface area contributed by atoms with Gasteiger partial charge in [-0.1, -0.05) is 19.3 Å². The molecule has 0 radical (unpaired) electrons. The molecule has 3 amide bonds. The van der Waals surface area contributed by atoms with Crippen molar-refractivity contribution >= 4 is 29.8 Å². The fourth-order valence-corrected chi connectivity index (χ4v) is 2.62. The molecule has 0 aromatic carbocycles. The molecule has 15 nitrogen and oxygen atoms in total. The van der Waals surface area contributed by atoms with Crippen LogP contribution in [0, 0.1) is 16.0 Å². The van der Waals surface area contributed by atoms with Gasteiger partial charge in [-0.05, 0) is 46.5 Å². The van der Waals surface area contributed by atoms with Crippen molar-refractivity contribution in [2.45, 2.75) is 78.1 Å². The minimum absolute atomic E-state index is 0.00875. The smallest absolute Gasteiger partial charge is 0.410 e. The Bertz CT molecular complexity index is 810. The van der Waals surface area contributed by atoms with Gasteiger partial charge < -0.3 is 26.2 Å². The van der Waals surface area contributed by atoms with E-state index in [0.717, 1.165) is 4.90 Å². The highest BCUT2D eigenvalue weighted by atomic mass is 16.7. The number of hydrogen-bond donors (Lipinski definition) is 5. The molecule has 0 bridgehead atoms. The molecule has 0 fully saturated rings. The van der Waals surface area contributed by atoms with Gasteiger partial charge in [0.15, 0.2) is 5.03 Å². The van der Waals surface area contributed by atoms with Crippen LogP contribution in [0.5, 0.6) is 0 Å². The minimum Gasteiger partial charge on any atom is -0.480 e. The maximum atomic E-state index is 12.8. The van der Waals surface area contributed by atoms with Crippen LogP contribution in [0.2, 0.25) is 0 Å². The van der Waals surface area contributed by atoms with E-state index in [-0.39, 0.29) is 19.4 Å². The predicted molar refractivity (Wildman–Crippen MR) is 126 cm³/mol. The molecule has 0 spiro atoms. The zero-order valence-corrected chi connectivity index (χ0v) is 21.2. The highest BCUT2D eigenvalue weighted by molar-refractivity contribution is 5.92. The topological polar surface area (TPSA) is 219 Å². The summed E-state index contributed by atoms with van der Waals surface area (Å²) >= 11 is 0. The Balaban J connectivity index is 5.12. The number of guanidine groups is 1. The number of hydrogen-bond acceptors (Lipinski definition) is 8. The lowest BCUT2D eigenvalue weighted by molar-refractivity contribution is -0.525. The molecule has 0 aliphatic heterocycles. The van der Waals surface area contributed by atoms with E-state index in [2.05, 4.69) is 15.6 Å². The number of aliphatic imine (C=N–C) groups is 1. The number of aliphatic carboxylic acids is 1. The number of carboxylic acids is 1. The number of nitrogens with zero attached hydrogens (tertiary/aromatic N) is 3. The summed E-state index contributed by atoms with van der Waals surface area (Å²) in [7, 11) is 1.39. The number of carbonyl (C=O) groups is 4. The van der Waals surface area contributed by atoms with Crippen molar-refractivity contribution in [2.75, 3.05) is 13.6 Å². The van der Waals surface area contributed by atoms with Crippen molar-refractivity contribution < 1.29 is 34.1 Å². The van der Waals surface area contributed by atoms with Crippen molar-refractivity contribution in [3.8, 4) is 0 Å². The Labute approximate surface area is 203 Å². The molecule has 0 aromatic heterocycles. The number of likely N-dealkylation sites (N-methyl/N-ethyl adjacent to an activating group) is 1. The van der Waals surface area contributed by atoms with Gasteiger partial charge in [-0.25, -0.2) is 24.7 Å². The van der Waals surface area contributed by atoms with E-state index >= 15 is 0 Å². The Morgan fingerprint density at radius 2 is 1.71 bits per heavy atom. The predicted octanol–water partition coefficient (Wildman–Crippen LogP) is -0.172. The van der Waals surface area contributed by atoms with Gasteiger partial charge in [0, 0.05) is 13.6 Å². The number of nitrogens with two attached hydrogens (primary N) is 1. The summed E-state index contributed by atoms with van der Waals surface area (Å²) in [5.74, 6) is -3.47.